The second-order valence-electron chi connectivity index (χ2n) is 5.03. The zero-order valence-corrected chi connectivity index (χ0v) is 14.3. The van der Waals surface area contributed by atoms with E-state index in [1.165, 1.54) is 0 Å². The van der Waals surface area contributed by atoms with Gasteiger partial charge in [-0.05, 0) is 49.6 Å². The fourth-order valence-electron chi connectivity index (χ4n) is 2.78. The van der Waals surface area contributed by atoms with Gasteiger partial charge in [0.2, 0.25) is 0 Å². The summed E-state index contributed by atoms with van der Waals surface area (Å²) >= 11 is 12.4. The fraction of sp³-hybridized carbons (Fsp3) is 0.625. The lowest BCUT2D eigenvalue weighted by Crippen LogP contribution is -2.52. The van der Waals surface area contributed by atoms with Gasteiger partial charge in [0.15, 0.2) is 0 Å². The summed E-state index contributed by atoms with van der Waals surface area (Å²) in [4.78, 5) is 0. The first-order valence-corrected chi connectivity index (χ1v) is 8.01. The summed E-state index contributed by atoms with van der Waals surface area (Å²) in [5.74, 6) is 0. The lowest BCUT2D eigenvalue weighted by molar-refractivity contribution is -0.0468. The molecule has 0 saturated carbocycles. The number of ether oxygens (including phenoxy) is 1. The number of rotatable bonds is 8. The van der Waals surface area contributed by atoms with E-state index in [9.17, 15) is 0 Å². The molecule has 0 radical (unpaired) electrons. The minimum Gasteiger partial charge on any atom is -0.377 e. The highest BCUT2D eigenvalue weighted by Gasteiger charge is 2.35. The van der Waals surface area contributed by atoms with Gasteiger partial charge in [0, 0.05) is 23.2 Å². The van der Waals surface area contributed by atoms with Crippen molar-refractivity contribution in [2.45, 2.75) is 51.7 Å². The number of methoxy groups -OCH3 is 1. The Morgan fingerprint density at radius 3 is 2.35 bits per heavy atom. The van der Waals surface area contributed by atoms with Crippen LogP contribution in [0.1, 0.15) is 39.2 Å². The quantitative estimate of drug-likeness (QED) is 0.749. The van der Waals surface area contributed by atoms with Gasteiger partial charge in [0.25, 0.3) is 0 Å². The smallest absolute Gasteiger partial charge is 0.0828 e. The van der Waals surface area contributed by atoms with Crippen molar-refractivity contribution >= 4 is 23.2 Å². The molecular formula is C16H25Cl2NO. The van der Waals surface area contributed by atoms with E-state index in [-0.39, 0.29) is 11.6 Å². The van der Waals surface area contributed by atoms with Crippen molar-refractivity contribution in [2.24, 2.45) is 0 Å². The van der Waals surface area contributed by atoms with E-state index in [0.29, 0.717) is 0 Å². The van der Waals surface area contributed by atoms with Gasteiger partial charge in [-0.3, -0.25) is 0 Å². The van der Waals surface area contributed by atoms with Crippen molar-refractivity contribution in [1.82, 2.24) is 5.32 Å². The maximum atomic E-state index is 6.29. The molecule has 1 rings (SSSR count). The average Bonchev–Trinajstić information content (AvgIpc) is 2.45. The molecule has 1 aromatic carbocycles. The van der Waals surface area contributed by atoms with E-state index in [4.69, 9.17) is 27.9 Å². The van der Waals surface area contributed by atoms with Gasteiger partial charge in [-0.25, -0.2) is 0 Å². The first-order valence-electron chi connectivity index (χ1n) is 7.25. The van der Waals surface area contributed by atoms with Gasteiger partial charge in [0.05, 0.1) is 5.60 Å². The number of hydrogen-bond acceptors (Lipinski definition) is 2. The first kappa shape index (κ1) is 17.8. The van der Waals surface area contributed by atoms with Crippen molar-refractivity contribution < 1.29 is 4.74 Å². The van der Waals surface area contributed by atoms with Gasteiger partial charge >= 0.3 is 0 Å². The van der Waals surface area contributed by atoms with Crippen LogP contribution in [0, 0.1) is 0 Å². The third-order valence-corrected chi connectivity index (χ3v) is 4.72. The molecule has 0 aliphatic rings. The van der Waals surface area contributed by atoms with E-state index in [2.05, 4.69) is 26.1 Å². The molecule has 0 bridgehead atoms. The predicted octanol–water partition coefficient (Wildman–Crippen LogP) is 4.72. The molecule has 0 aliphatic heterocycles. The SMILES string of the molecule is CCNC(Cc1cc(Cl)ccc1Cl)C(CC)(CC)OC. The summed E-state index contributed by atoms with van der Waals surface area (Å²) < 4.78 is 5.85. The van der Waals surface area contributed by atoms with E-state index in [0.717, 1.165) is 41.4 Å². The second-order valence-corrected chi connectivity index (χ2v) is 5.87. The Morgan fingerprint density at radius 2 is 1.85 bits per heavy atom. The number of nitrogens with one attached hydrogen (secondary N) is 1. The summed E-state index contributed by atoms with van der Waals surface area (Å²) in [6, 6.07) is 5.83. The van der Waals surface area contributed by atoms with Crippen LogP contribution in [0.2, 0.25) is 10.0 Å². The van der Waals surface area contributed by atoms with Crippen LogP contribution in [-0.4, -0.2) is 25.3 Å². The highest BCUT2D eigenvalue weighted by molar-refractivity contribution is 6.33. The number of benzene rings is 1. The third kappa shape index (κ3) is 4.11. The van der Waals surface area contributed by atoms with Crippen molar-refractivity contribution in [3.8, 4) is 0 Å². The monoisotopic (exact) mass is 317 g/mol. The van der Waals surface area contributed by atoms with Crippen LogP contribution in [0.3, 0.4) is 0 Å². The van der Waals surface area contributed by atoms with Crippen LogP contribution >= 0.6 is 23.2 Å². The van der Waals surface area contributed by atoms with Gasteiger partial charge < -0.3 is 10.1 Å². The molecule has 0 aromatic heterocycles. The lowest BCUT2D eigenvalue weighted by Gasteiger charge is -2.39. The molecule has 2 nitrogen and oxygen atoms in total. The first-order chi connectivity index (χ1) is 9.52. The minimum absolute atomic E-state index is 0.179. The normalized spacial score (nSPS) is 13.5. The number of likely N-dealkylation sites (N-methyl/N-ethyl adjacent to an activating group) is 1. The maximum Gasteiger partial charge on any atom is 0.0828 e. The Morgan fingerprint density at radius 1 is 1.20 bits per heavy atom. The zero-order chi connectivity index (χ0) is 15.2. The molecule has 4 heteroatoms. The summed E-state index contributed by atoms with van der Waals surface area (Å²) in [5, 5.41) is 5.02. The van der Waals surface area contributed by atoms with E-state index < -0.39 is 0 Å². The van der Waals surface area contributed by atoms with Crippen LogP contribution in [0.4, 0.5) is 0 Å². The Bertz CT molecular complexity index is 411. The molecule has 0 aliphatic carbocycles. The number of hydrogen-bond donors (Lipinski definition) is 1. The molecule has 114 valence electrons. The Kier molecular flexibility index (Phi) is 7.32. The second kappa shape index (κ2) is 8.23. The van der Waals surface area contributed by atoms with Gasteiger partial charge in [0.1, 0.15) is 0 Å². The number of halogens is 2. The Balaban J connectivity index is 3.05. The highest BCUT2D eigenvalue weighted by atomic mass is 35.5. The Labute approximate surface area is 132 Å². The third-order valence-electron chi connectivity index (χ3n) is 4.12. The molecule has 0 fully saturated rings. The molecule has 20 heavy (non-hydrogen) atoms. The van der Waals surface area contributed by atoms with Crippen molar-refractivity contribution in [3.05, 3.63) is 33.8 Å². The summed E-state index contributed by atoms with van der Waals surface area (Å²) in [7, 11) is 1.79. The van der Waals surface area contributed by atoms with Gasteiger partial charge in [-0.2, -0.15) is 0 Å². The minimum atomic E-state index is -0.179. The predicted molar refractivity (Wildman–Crippen MR) is 88.0 cm³/mol. The standard InChI is InChI=1S/C16H25Cl2NO/c1-5-16(6-2,20-4)15(19-7-3)11-12-10-13(17)8-9-14(12)18/h8-10,15,19H,5-7,11H2,1-4H3. The van der Waals surface area contributed by atoms with Crippen LogP contribution < -0.4 is 5.32 Å². The molecular weight excluding hydrogens is 293 g/mol. The van der Waals surface area contributed by atoms with Crippen LogP contribution in [0.5, 0.6) is 0 Å². The molecule has 0 amide bonds. The summed E-state index contributed by atoms with van der Waals surface area (Å²) in [6.07, 6.45) is 2.72. The maximum absolute atomic E-state index is 6.29. The van der Waals surface area contributed by atoms with Crippen molar-refractivity contribution in [1.29, 1.82) is 0 Å². The zero-order valence-electron chi connectivity index (χ0n) is 12.8. The van der Waals surface area contributed by atoms with Gasteiger partial charge in [-0.1, -0.05) is 44.0 Å². The molecule has 0 heterocycles. The molecule has 1 N–H and O–H groups in total. The van der Waals surface area contributed by atoms with Crippen LogP contribution in [-0.2, 0) is 11.2 Å². The van der Waals surface area contributed by atoms with E-state index >= 15 is 0 Å². The van der Waals surface area contributed by atoms with Crippen molar-refractivity contribution in [2.75, 3.05) is 13.7 Å². The lowest BCUT2D eigenvalue weighted by atomic mass is 9.84. The van der Waals surface area contributed by atoms with Crippen LogP contribution in [0.25, 0.3) is 0 Å². The molecule has 0 spiro atoms. The molecule has 0 saturated heterocycles. The topological polar surface area (TPSA) is 21.3 Å². The Hall–Kier alpha value is -0.280. The van der Waals surface area contributed by atoms with Gasteiger partial charge in [-0.15, -0.1) is 0 Å². The molecule has 1 unspecified atom stereocenters. The summed E-state index contributed by atoms with van der Waals surface area (Å²) in [6.45, 7) is 7.33. The largest absolute Gasteiger partial charge is 0.377 e. The fourth-order valence-corrected chi connectivity index (χ4v) is 3.17. The molecule has 1 aromatic rings. The molecule has 1 atom stereocenters. The average molecular weight is 318 g/mol. The van der Waals surface area contributed by atoms with Crippen LogP contribution in [0.15, 0.2) is 18.2 Å². The van der Waals surface area contributed by atoms with E-state index in [1.54, 1.807) is 7.11 Å². The highest BCUT2D eigenvalue weighted by Crippen LogP contribution is 2.29. The summed E-state index contributed by atoms with van der Waals surface area (Å²) in [5.41, 5.74) is 0.884. The van der Waals surface area contributed by atoms with E-state index in [1.807, 2.05) is 18.2 Å². The van der Waals surface area contributed by atoms with Crippen molar-refractivity contribution in [3.63, 3.8) is 0 Å².